The summed E-state index contributed by atoms with van der Waals surface area (Å²) in [6, 6.07) is 0. The fourth-order valence-corrected chi connectivity index (χ4v) is 2.82. The average molecular weight is 302 g/mol. The van der Waals surface area contributed by atoms with Gasteiger partial charge >= 0.3 is 0 Å². The van der Waals surface area contributed by atoms with E-state index in [0.717, 1.165) is 43.6 Å². The highest BCUT2D eigenvalue weighted by atomic mass is 16.2. The van der Waals surface area contributed by atoms with Crippen molar-refractivity contribution in [3.05, 3.63) is 23.8 Å². The summed E-state index contributed by atoms with van der Waals surface area (Å²) in [5, 5.41) is 11.2. The van der Waals surface area contributed by atoms with Crippen LogP contribution in [-0.2, 0) is 30.7 Å². The topological polar surface area (TPSA) is 77.6 Å². The fourth-order valence-electron chi connectivity index (χ4n) is 2.82. The zero-order valence-electron chi connectivity index (χ0n) is 13.1. The summed E-state index contributed by atoms with van der Waals surface area (Å²) in [4.78, 5) is 16.5. The molecule has 2 heterocycles. The highest BCUT2D eigenvalue weighted by Gasteiger charge is 2.18. The van der Waals surface area contributed by atoms with Gasteiger partial charge in [0.15, 0.2) is 0 Å². The predicted octanol–water partition coefficient (Wildman–Crippen LogP) is 1.65. The summed E-state index contributed by atoms with van der Waals surface area (Å²) >= 11 is 0. The number of amides is 1. The van der Waals surface area contributed by atoms with Crippen molar-refractivity contribution in [2.45, 2.75) is 52.6 Å². The van der Waals surface area contributed by atoms with Crippen LogP contribution in [0.4, 0.5) is 5.95 Å². The number of aromatic nitrogens is 5. The van der Waals surface area contributed by atoms with Gasteiger partial charge in [-0.2, -0.15) is 0 Å². The molecular weight excluding hydrogens is 280 g/mol. The zero-order chi connectivity index (χ0) is 15.5. The van der Waals surface area contributed by atoms with Crippen molar-refractivity contribution in [2.75, 3.05) is 5.32 Å². The largest absolute Gasteiger partial charge is 0.317 e. The lowest BCUT2D eigenvalue weighted by Crippen LogP contribution is -2.23. The average Bonchev–Trinajstić information content (AvgIpc) is 3.07. The standard InChI is InChI=1S/C15H22N6O/c1-11(2)9-20-8-7-16-15(20)17-14(22)10-21-13-6-4-3-5-12(13)18-19-21/h7-8,11H,3-6,9-10H2,1-2H3,(H,16,17,22). The molecule has 0 aromatic carbocycles. The van der Waals surface area contributed by atoms with Crippen LogP contribution in [-0.4, -0.2) is 30.5 Å². The number of fused-ring (bicyclic) bond motifs is 1. The Labute approximate surface area is 129 Å². The van der Waals surface area contributed by atoms with Crippen LogP contribution in [0, 0.1) is 5.92 Å². The van der Waals surface area contributed by atoms with E-state index in [1.54, 1.807) is 10.9 Å². The molecule has 0 aliphatic heterocycles. The third kappa shape index (κ3) is 3.18. The van der Waals surface area contributed by atoms with Crippen LogP contribution in [0.5, 0.6) is 0 Å². The van der Waals surface area contributed by atoms with Crippen molar-refractivity contribution >= 4 is 11.9 Å². The molecule has 3 rings (SSSR count). The molecule has 1 aliphatic rings. The molecule has 0 radical (unpaired) electrons. The van der Waals surface area contributed by atoms with Crippen LogP contribution in [0.3, 0.4) is 0 Å². The molecular formula is C15H22N6O. The number of anilines is 1. The van der Waals surface area contributed by atoms with E-state index in [-0.39, 0.29) is 12.5 Å². The first kappa shape index (κ1) is 14.7. The van der Waals surface area contributed by atoms with Gasteiger partial charge in [-0.3, -0.25) is 10.1 Å². The summed E-state index contributed by atoms with van der Waals surface area (Å²) in [5.74, 6) is 0.967. The normalized spacial score (nSPS) is 14.1. The van der Waals surface area contributed by atoms with Crippen molar-refractivity contribution < 1.29 is 4.79 Å². The van der Waals surface area contributed by atoms with Gasteiger partial charge in [-0.05, 0) is 31.6 Å². The molecule has 7 nitrogen and oxygen atoms in total. The lowest BCUT2D eigenvalue weighted by Gasteiger charge is -2.13. The number of hydrogen-bond acceptors (Lipinski definition) is 4. The van der Waals surface area contributed by atoms with E-state index in [4.69, 9.17) is 0 Å². The van der Waals surface area contributed by atoms with Crippen molar-refractivity contribution in [3.63, 3.8) is 0 Å². The quantitative estimate of drug-likeness (QED) is 0.911. The van der Waals surface area contributed by atoms with Crippen LogP contribution in [0.1, 0.15) is 38.1 Å². The molecule has 0 saturated heterocycles. The number of nitrogens with one attached hydrogen (secondary N) is 1. The second-order valence-corrected chi connectivity index (χ2v) is 6.19. The molecule has 7 heteroatoms. The molecule has 2 aromatic rings. The van der Waals surface area contributed by atoms with Crippen LogP contribution in [0.2, 0.25) is 0 Å². The molecule has 118 valence electrons. The molecule has 0 atom stereocenters. The van der Waals surface area contributed by atoms with Crippen molar-refractivity contribution in [1.29, 1.82) is 0 Å². The summed E-state index contributed by atoms with van der Waals surface area (Å²) in [6.45, 7) is 5.28. The second-order valence-electron chi connectivity index (χ2n) is 6.19. The third-order valence-corrected chi connectivity index (χ3v) is 3.82. The minimum Gasteiger partial charge on any atom is -0.317 e. The number of aryl methyl sites for hydroxylation is 1. The van der Waals surface area contributed by atoms with Gasteiger partial charge in [-0.1, -0.05) is 19.1 Å². The lowest BCUT2D eigenvalue weighted by atomic mass is 10.0. The molecule has 1 N–H and O–H groups in total. The van der Waals surface area contributed by atoms with E-state index in [9.17, 15) is 4.79 Å². The monoisotopic (exact) mass is 302 g/mol. The number of carbonyl (C=O) groups excluding carboxylic acids is 1. The second kappa shape index (κ2) is 6.29. The lowest BCUT2D eigenvalue weighted by molar-refractivity contribution is -0.117. The van der Waals surface area contributed by atoms with Gasteiger partial charge in [0, 0.05) is 18.9 Å². The van der Waals surface area contributed by atoms with E-state index in [1.807, 2.05) is 10.8 Å². The Hall–Kier alpha value is -2.18. The Kier molecular flexibility index (Phi) is 4.22. The minimum absolute atomic E-state index is 0.116. The first-order valence-corrected chi connectivity index (χ1v) is 7.85. The molecule has 22 heavy (non-hydrogen) atoms. The highest BCUT2D eigenvalue weighted by molar-refractivity contribution is 5.88. The fraction of sp³-hybridized carbons (Fsp3) is 0.600. The molecule has 0 unspecified atom stereocenters. The molecule has 0 fully saturated rings. The first-order chi connectivity index (χ1) is 10.6. The van der Waals surface area contributed by atoms with E-state index in [2.05, 4.69) is 34.5 Å². The maximum Gasteiger partial charge on any atom is 0.248 e. The molecule has 0 bridgehead atoms. The Morgan fingerprint density at radius 2 is 2.18 bits per heavy atom. The molecule has 1 amide bonds. The number of carbonyl (C=O) groups is 1. The number of rotatable bonds is 5. The van der Waals surface area contributed by atoms with Crippen LogP contribution in [0.15, 0.2) is 12.4 Å². The van der Waals surface area contributed by atoms with E-state index >= 15 is 0 Å². The van der Waals surface area contributed by atoms with E-state index < -0.39 is 0 Å². The first-order valence-electron chi connectivity index (χ1n) is 7.85. The van der Waals surface area contributed by atoms with Gasteiger partial charge in [-0.15, -0.1) is 5.10 Å². The molecule has 0 saturated carbocycles. The molecule has 1 aliphatic carbocycles. The smallest absolute Gasteiger partial charge is 0.248 e. The summed E-state index contributed by atoms with van der Waals surface area (Å²) in [5.41, 5.74) is 2.15. The van der Waals surface area contributed by atoms with Crippen molar-refractivity contribution in [3.8, 4) is 0 Å². The number of nitrogens with zero attached hydrogens (tertiary/aromatic N) is 5. The Balaban J connectivity index is 1.66. The Morgan fingerprint density at radius 3 is 3.00 bits per heavy atom. The van der Waals surface area contributed by atoms with E-state index in [1.165, 1.54) is 0 Å². The van der Waals surface area contributed by atoms with Gasteiger partial charge in [0.05, 0.1) is 11.4 Å². The zero-order valence-corrected chi connectivity index (χ0v) is 13.1. The third-order valence-electron chi connectivity index (χ3n) is 3.82. The summed E-state index contributed by atoms with van der Waals surface area (Å²) < 4.78 is 3.68. The van der Waals surface area contributed by atoms with Gasteiger partial charge < -0.3 is 4.57 Å². The van der Waals surface area contributed by atoms with Crippen molar-refractivity contribution in [2.24, 2.45) is 5.92 Å². The van der Waals surface area contributed by atoms with Crippen LogP contribution < -0.4 is 5.32 Å². The summed E-state index contributed by atoms with van der Waals surface area (Å²) in [6.07, 6.45) is 7.81. The van der Waals surface area contributed by atoms with Crippen LogP contribution in [0.25, 0.3) is 0 Å². The van der Waals surface area contributed by atoms with Gasteiger partial charge in [0.2, 0.25) is 11.9 Å². The van der Waals surface area contributed by atoms with Crippen LogP contribution >= 0.6 is 0 Å². The Morgan fingerprint density at radius 1 is 1.36 bits per heavy atom. The maximum absolute atomic E-state index is 12.2. The van der Waals surface area contributed by atoms with E-state index in [0.29, 0.717) is 11.9 Å². The van der Waals surface area contributed by atoms with Crippen molar-refractivity contribution in [1.82, 2.24) is 24.5 Å². The van der Waals surface area contributed by atoms with Gasteiger partial charge in [-0.25, -0.2) is 9.67 Å². The van der Waals surface area contributed by atoms with Gasteiger partial charge in [0.1, 0.15) is 6.54 Å². The Bertz CT molecular complexity index is 657. The number of hydrogen-bond donors (Lipinski definition) is 1. The van der Waals surface area contributed by atoms with Gasteiger partial charge in [0.25, 0.3) is 0 Å². The predicted molar refractivity (Wildman–Crippen MR) is 82.4 cm³/mol. The maximum atomic E-state index is 12.2. The molecule has 0 spiro atoms. The molecule has 2 aromatic heterocycles. The number of imidazole rings is 1. The highest BCUT2D eigenvalue weighted by Crippen LogP contribution is 2.18. The summed E-state index contributed by atoms with van der Waals surface area (Å²) in [7, 11) is 0. The minimum atomic E-state index is -0.116. The SMILES string of the molecule is CC(C)Cn1ccnc1NC(=O)Cn1nnc2c1CCCC2.